The lowest BCUT2D eigenvalue weighted by Gasteiger charge is -2.23. The predicted molar refractivity (Wildman–Crippen MR) is 80.7 cm³/mol. The van der Waals surface area contributed by atoms with E-state index in [9.17, 15) is 8.42 Å². The van der Waals surface area contributed by atoms with Gasteiger partial charge in [-0.15, -0.1) is 0 Å². The standard InChI is InChI=1S/C15H18N2O3S/c1-16-21(18,19)12-7-5-11(6-8-12)17-14-3-2-4-15-13(14)9-10-20-15/h5-10,14,16-17H,2-4H2,1H3. The van der Waals surface area contributed by atoms with Crippen molar-refractivity contribution in [3.8, 4) is 0 Å². The van der Waals surface area contributed by atoms with Crippen molar-refractivity contribution in [2.24, 2.45) is 0 Å². The Bertz CT molecular complexity index is 720. The molecular weight excluding hydrogens is 288 g/mol. The fourth-order valence-electron chi connectivity index (χ4n) is 2.69. The van der Waals surface area contributed by atoms with Crippen LogP contribution in [0.5, 0.6) is 0 Å². The molecule has 5 nitrogen and oxygen atoms in total. The molecule has 1 aliphatic rings. The first-order valence-corrected chi connectivity index (χ1v) is 8.45. The quantitative estimate of drug-likeness (QED) is 0.911. The number of rotatable bonds is 4. The van der Waals surface area contributed by atoms with Crippen molar-refractivity contribution in [1.29, 1.82) is 0 Å². The van der Waals surface area contributed by atoms with Gasteiger partial charge in [0, 0.05) is 17.7 Å². The zero-order valence-corrected chi connectivity index (χ0v) is 12.6. The molecule has 1 heterocycles. The molecule has 0 bridgehead atoms. The topological polar surface area (TPSA) is 71.3 Å². The number of hydrogen-bond acceptors (Lipinski definition) is 4. The molecule has 2 aromatic rings. The van der Waals surface area contributed by atoms with E-state index < -0.39 is 10.0 Å². The summed E-state index contributed by atoms with van der Waals surface area (Å²) in [7, 11) is -1.97. The smallest absolute Gasteiger partial charge is 0.240 e. The Kier molecular flexibility index (Phi) is 3.73. The van der Waals surface area contributed by atoms with Gasteiger partial charge in [-0.3, -0.25) is 0 Å². The average Bonchev–Trinajstić information content (AvgIpc) is 2.97. The number of furan rings is 1. The van der Waals surface area contributed by atoms with Crippen LogP contribution < -0.4 is 10.0 Å². The van der Waals surface area contributed by atoms with Gasteiger partial charge in [-0.05, 0) is 50.2 Å². The average molecular weight is 306 g/mol. The molecule has 21 heavy (non-hydrogen) atoms. The number of hydrogen-bond donors (Lipinski definition) is 2. The maximum absolute atomic E-state index is 11.7. The molecule has 3 rings (SSSR count). The summed E-state index contributed by atoms with van der Waals surface area (Å²) in [5.74, 6) is 1.05. The summed E-state index contributed by atoms with van der Waals surface area (Å²) in [6.45, 7) is 0. The van der Waals surface area contributed by atoms with Crippen molar-refractivity contribution in [2.45, 2.75) is 30.2 Å². The maximum atomic E-state index is 11.7. The Morgan fingerprint density at radius 2 is 1.95 bits per heavy atom. The lowest BCUT2D eigenvalue weighted by molar-refractivity contribution is 0.461. The first kappa shape index (κ1) is 14.2. The van der Waals surface area contributed by atoms with Gasteiger partial charge in [0.05, 0.1) is 17.2 Å². The van der Waals surface area contributed by atoms with E-state index in [4.69, 9.17) is 4.42 Å². The molecule has 0 radical (unpaired) electrons. The highest BCUT2D eigenvalue weighted by Crippen LogP contribution is 2.33. The van der Waals surface area contributed by atoms with Crippen LogP contribution in [0.1, 0.15) is 30.2 Å². The number of fused-ring (bicyclic) bond motifs is 1. The molecule has 0 saturated carbocycles. The third-order valence-electron chi connectivity index (χ3n) is 3.83. The Morgan fingerprint density at radius 3 is 2.67 bits per heavy atom. The SMILES string of the molecule is CNS(=O)(=O)c1ccc(NC2CCCc3occc32)cc1. The second-order valence-corrected chi connectivity index (χ2v) is 7.01. The first-order chi connectivity index (χ1) is 10.1. The lowest BCUT2D eigenvalue weighted by Crippen LogP contribution is -2.19. The second kappa shape index (κ2) is 5.54. The number of benzene rings is 1. The number of aryl methyl sites for hydroxylation is 1. The van der Waals surface area contributed by atoms with Gasteiger partial charge in [0.1, 0.15) is 5.76 Å². The zero-order valence-electron chi connectivity index (χ0n) is 11.8. The van der Waals surface area contributed by atoms with Gasteiger partial charge in [0.2, 0.25) is 10.0 Å². The van der Waals surface area contributed by atoms with E-state index in [0.717, 1.165) is 30.7 Å². The molecule has 1 aliphatic carbocycles. The Hall–Kier alpha value is -1.79. The van der Waals surface area contributed by atoms with Gasteiger partial charge in [-0.1, -0.05) is 0 Å². The van der Waals surface area contributed by atoms with Crippen molar-refractivity contribution in [2.75, 3.05) is 12.4 Å². The fraction of sp³-hybridized carbons (Fsp3) is 0.333. The molecule has 0 spiro atoms. The van der Waals surface area contributed by atoms with Crippen LogP contribution in [-0.4, -0.2) is 15.5 Å². The molecule has 1 atom stereocenters. The monoisotopic (exact) mass is 306 g/mol. The van der Waals surface area contributed by atoms with Crippen molar-refractivity contribution >= 4 is 15.7 Å². The van der Waals surface area contributed by atoms with Crippen molar-refractivity contribution in [3.63, 3.8) is 0 Å². The Morgan fingerprint density at radius 1 is 1.19 bits per heavy atom. The van der Waals surface area contributed by atoms with Crippen LogP contribution in [0.2, 0.25) is 0 Å². The van der Waals surface area contributed by atoms with Crippen LogP contribution >= 0.6 is 0 Å². The predicted octanol–water partition coefficient (Wildman–Crippen LogP) is 2.68. The number of nitrogens with one attached hydrogen (secondary N) is 2. The number of anilines is 1. The molecule has 0 amide bonds. The molecule has 0 fully saturated rings. The fourth-order valence-corrected chi connectivity index (χ4v) is 3.42. The van der Waals surface area contributed by atoms with E-state index >= 15 is 0 Å². The van der Waals surface area contributed by atoms with Crippen LogP contribution in [0, 0.1) is 0 Å². The van der Waals surface area contributed by atoms with E-state index in [1.807, 2.05) is 6.07 Å². The normalized spacial score (nSPS) is 18.2. The van der Waals surface area contributed by atoms with Crippen LogP contribution in [0.4, 0.5) is 5.69 Å². The minimum Gasteiger partial charge on any atom is -0.469 e. The van der Waals surface area contributed by atoms with E-state index in [-0.39, 0.29) is 10.9 Å². The highest BCUT2D eigenvalue weighted by Gasteiger charge is 2.22. The van der Waals surface area contributed by atoms with Gasteiger partial charge in [0.25, 0.3) is 0 Å². The van der Waals surface area contributed by atoms with Crippen molar-refractivity contribution in [3.05, 3.63) is 47.9 Å². The van der Waals surface area contributed by atoms with Gasteiger partial charge >= 0.3 is 0 Å². The summed E-state index contributed by atoms with van der Waals surface area (Å²) in [4.78, 5) is 0.267. The minimum atomic E-state index is -3.38. The first-order valence-electron chi connectivity index (χ1n) is 6.96. The molecular formula is C15H18N2O3S. The molecule has 1 unspecified atom stereocenters. The van der Waals surface area contributed by atoms with Gasteiger partial charge < -0.3 is 9.73 Å². The van der Waals surface area contributed by atoms with Crippen LogP contribution in [0.3, 0.4) is 0 Å². The highest BCUT2D eigenvalue weighted by atomic mass is 32.2. The Balaban J connectivity index is 1.78. The molecule has 0 aliphatic heterocycles. The van der Waals surface area contributed by atoms with Crippen molar-refractivity contribution < 1.29 is 12.8 Å². The maximum Gasteiger partial charge on any atom is 0.240 e. The number of sulfonamides is 1. The molecule has 1 aromatic carbocycles. The second-order valence-electron chi connectivity index (χ2n) is 5.12. The molecule has 1 aromatic heterocycles. The third-order valence-corrected chi connectivity index (χ3v) is 5.26. The van der Waals surface area contributed by atoms with Gasteiger partial charge in [0.15, 0.2) is 0 Å². The van der Waals surface area contributed by atoms with E-state index in [2.05, 4.69) is 10.0 Å². The molecule has 2 N–H and O–H groups in total. The van der Waals surface area contributed by atoms with Crippen LogP contribution in [0.15, 0.2) is 45.9 Å². The van der Waals surface area contributed by atoms with Gasteiger partial charge in [-0.25, -0.2) is 13.1 Å². The van der Waals surface area contributed by atoms with Crippen molar-refractivity contribution in [1.82, 2.24) is 4.72 Å². The largest absolute Gasteiger partial charge is 0.469 e. The summed E-state index contributed by atoms with van der Waals surface area (Å²) >= 11 is 0. The van der Waals surface area contributed by atoms with E-state index in [1.54, 1.807) is 30.5 Å². The molecule has 6 heteroatoms. The Labute approximate surface area is 124 Å². The molecule has 112 valence electrons. The third kappa shape index (κ3) is 2.82. The summed E-state index contributed by atoms with van der Waals surface area (Å²) in [5.41, 5.74) is 2.11. The molecule has 0 saturated heterocycles. The minimum absolute atomic E-state index is 0.222. The summed E-state index contributed by atoms with van der Waals surface area (Å²) in [6, 6.07) is 9.02. The highest BCUT2D eigenvalue weighted by molar-refractivity contribution is 7.89. The summed E-state index contributed by atoms with van der Waals surface area (Å²) < 4.78 is 31.2. The van der Waals surface area contributed by atoms with Crippen LogP contribution in [0.25, 0.3) is 0 Å². The summed E-state index contributed by atoms with van der Waals surface area (Å²) in [6.07, 6.45) is 4.85. The summed E-state index contributed by atoms with van der Waals surface area (Å²) in [5, 5.41) is 3.44. The zero-order chi connectivity index (χ0) is 14.9. The van der Waals surface area contributed by atoms with E-state index in [1.165, 1.54) is 12.6 Å². The van der Waals surface area contributed by atoms with Gasteiger partial charge in [-0.2, -0.15) is 0 Å². The van der Waals surface area contributed by atoms with Crippen LogP contribution in [-0.2, 0) is 16.4 Å². The van der Waals surface area contributed by atoms with E-state index in [0.29, 0.717) is 0 Å². The lowest BCUT2D eigenvalue weighted by atomic mass is 9.93.